The standard InChI is InChI=1S/C13H19NO4/c1-9(13(15)17-3)18-12-8-11(16-2)5-4-10(12)6-7-14/h4-5,8-9H,6-7,14H2,1-3H3. The first-order valence-corrected chi connectivity index (χ1v) is 5.73. The Hall–Kier alpha value is -1.75. The summed E-state index contributed by atoms with van der Waals surface area (Å²) in [7, 11) is 2.90. The summed E-state index contributed by atoms with van der Waals surface area (Å²) < 4.78 is 15.3. The third-order valence-electron chi connectivity index (χ3n) is 2.52. The van der Waals surface area contributed by atoms with Crippen molar-refractivity contribution in [1.82, 2.24) is 0 Å². The van der Waals surface area contributed by atoms with Gasteiger partial charge in [0.25, 0.3) is 0 Å². The van der Waals surface area contributed by atoms with E-state index in [9.17, 15) is 4.79 Å². The predicted octanol–water partition coefficient (Wildman–Crippen LogP) is 1.14. The Morgan fingerprint density at radius 2 is 2.11 bits per heavy atom. The smallest absolute Gasteiger partial charge is 0.346 e. The maximum atomic E-state index is 11.3. The first kappa shape index (κ1) is 14.3. The minimum atomic E-state index is -0.668. The van der Waals surface area contributed by atoms with E-state index in [4.69, 9.17) is 15.2 Å². The molecule has 1 atom stereocenters. The van der Waals surface area contributed by atoms with Crippen LogP contribution in [0.25, 0.3) is 0 Å². The fourth-order valence-electron chi connectivity index (χ4n) is 1.54. The van der Waals surface area contributed by atoms with Gasteiger partial charge in [0.2, 0.25) is 0 Å². The van der Waals surface area contributed by atoms with Gasteiger partial charge in [-0.1, -0.05) is 6.07 Å². The Morgan fingerprint density at radius 3 is 2.67 bits per heavy atom. The summed E-state index contributed by atoms with van der Waals surface area (Å²) in [5, 5.41) is 0. The summed E-state index contributed by atoms with van der Waals surface area (Å²) >= 11 is 0. The van der Waals surface area contributed by atoms with E-state index >= 15 is 0 Å². The van der Waals surface area contributed by atoms with Crippen LogP contribution in [0, 0.1) is 0 Å². The summed E-state index contributed by atoms with van der Waals surface area (Å²) in [6.07, 6.45) is 0.00589. The van der Waals surface area contributed by atoms with Crippen LogP contribution in [0.1, 0.15) is 12.5 Å². The summed E-state index contributed by atoms with van der Waals surface area (Å²) in [6.45, 7) is 2.15. The molecule has 1 unspecified atom stereocenters. The third-order valence-corrected chi connectivity index (χ3v) is 2.52. The molecule has 5 nitrogen and oxygen atoms in total. The van der Waals surface area contributed by atoms with Gasteiger partial charge >= 0.3 is 5.97 Å². The van der Waals surface area contributed by atoms with Gasteiger partial charge in [-0.15, -0.1) is 0 Å². The highest BCUT2D eigenvalue weighted by Crippen LogP contribution is 2.26. The first-order chi connectivity index (χ1) is 8.62. The van der Waals surface area contributed by atoms with Crippen molar-refractivity contribution in [2.45, 2.75) is 19.4 Å². The van der Waals surface area contributed by atoms with Crippen molar-refractivity contribution < 1.29 is 19.0 Å². The predicted molar refractivity (Wildman–Crippen MR) is 67.9 cm³/mol. The van der Waals surface area contributed by atoms with E-state index in [2.05, 4.69) is 4.74 Å². The van der Waals surface area contributed by atoms with E-state index in [-0.39, 0.29) is 0 Å². The number of esters is 1. The molecule has 1 aromatic carbocycles. The van der Waals surface area contributed by atoms with Crippen LogP contribution < -0.4 is 15.2 Å². The van der Waals surface area contributed by atoms with Crippen LogP contribution in [0.4, 0.5) is 0 Å². The molecule has 2 N–H and O–H groups in total. The van der Waals surface area contributed by atoms with Crippen LogP contribution in [0.15, 0.2) is 18.2 Å². The molecule has 100 valence electrons. The van der Waals surface area contributed by atoms with E-state index in [0.717, 1.165) is 5.56 Å². The van der Waals surface area contributed by atoms with Crippen molar-refractivity contribution in [3.05, 3.63) is 23.8 Å². The number of methoxy groups -OCH3 is 2. The Bertz CT molecular complexity index is 406. The molecule has 0 aromatic heterocycles. The van der Waals surface area contributed by atoms with Crippen molar-refractivity contribution in [3.63, 3.8) is 0 Å². The molecule has 18 heavy (non-hydrogen) atoms. The average Bonchev–Trinajstić information content (AvgIpc) is 2.39. The molecule has 0 aliphatic rings. The molecular formula is C13H19NO4. The second kappa shape index (κ2) is 6.86. The zero-order chi connectivity index (χ0) is 13.5. The van der Waals surface area contributed by atoms with Gasteiger partial charge in [0, 0.05) is 6.07 Å². The fraction of sp³-hybridized carbons (Fsp3) is 0.462. The molecule has 0 aliphatic heterocycles. The molecule has 0 saturated carbocycles. The highest BCUT2D eigenvalue weighted by Gasteiger charge is 2.17. The van der Waals surface area contributed by atoms with Gasteiger partial charge < -0.3 is 19.9 Å². The Morgan fingerprint density at radius 1 is 1.39 bits per heavy atom. The van der Waals surface area contributed by atoms with Crippen LogP contribution >= 0.6 is 0 Å². The summed E-state index contributed by atoms with van der Waals surface area (Å²) in [5.41, 5.74) is 6.48. The third kappa shape index (κ3) is 3.63. The van der Waals surface area contributed by atoms with Gasteiger partial charge in [-0.3, -0.25) is 0 Å². The summed E-state index contributed by atoms with van der Waals surface area (Å²) in [4.78, 5) is 11.3. The lowest BCUT2D eigenvalue weighted by molar-refractivity contribution is -0.147. The fourth-order valence-corrected chi connectivity index (χ4v) is 1.54. The molecule has 5 heteroatoms. The molecule has 0 heterocycles. The highest BCUT2D eigenvalue weighted by atomic mass is 16.6. The van der Waals surface area contributed by atoms with Crippen molar-refractivity contribution in [3.8, 4) is 11.5 Å². The number of hydrogen-bond acceptors (Lipinski definition) is 5. The second-order valence-electron chi connectivity index (χ2n) is 3.80. The largest absolute Gasteiger partial charge is 0.497 e. The average molecular weight is 253 g/mol. The molecule has 0 aliphatic carbocycles. The number of carbonyl (C=O) groups excluding carboxylic acids is 1. The quantitative estimate of drug-likeness (QED) is 0.770. The maximum absolute atomic E-state index is 11.3. The SMILES string of the molecule is COC(=O)C(C)Oc1cc(OC)ccc1CCN. The maximum Gasteiger partial charge on any atom is 0.346 e. The lowest BCUT2D eigenvalue weighted by Gasteiger charge is -2.16. The topological polar surface area (TPSA) is 70.8 Å². The van der Waals surface area contributed by atoms with Crippen LogP contribution in [0.3, 0.4) is 0 Å². The highest BCUT2D eigenvalue weighted by molar-refractivity contribution is 5.74. The van der Waals surface area contributed by atoms with Crippen LogP contribution in [0.5, 0.6) is 11.5 Å². The molecule has 0 radical (unpaired) electrons. The van der Waals surface area contributed by atoms with Crippen LogP contribution in [-0.2, 0) is 16.0 Å². The van der Waals surface area contributed by atoms with E-state index in [1.807, 2.05) is 12.1 Å². The first-order valence-electron chi connectivity index (χ1n) is 5.73. The van der Waals surface area contributed by atoms with Crippen LogP contribution in [0.2, 0.25) is 0 Å². The molecular weight excluding hydrogens is 234 g/mol. The van der Waals surface area contributed by atoms with Crippen molar-refractivity contribution >= 4 is 5.97 Å². The van der Waals surface area contributed by atoms with Crippen LogP contribution in [-0.4, -0.2) is 32.8 Å². The number of rotatable bonds is 6. The van der Waals surface area contributed by atoms with Gasteiger partial charge in [0.05, 0.1) is 14.2 Å². The lowest BCUT2D eigenvalue weighted by atomic mass is 10.1. The second-order valence-corrected chi connectivity index (χ2v) is 3.80. The number of ether oxygens (including phenoxy) is 3. The van der Waals surface area contributed by atoms with E-state index in [1.54, 1.807) is 20.1 Å². The van der Waals surface area contributed by atoms with Gasteiger partial charge in [0.15, 0.2) is 6.10 Å². The Labute approximate surface area is 107 Å². The van der Waals surface area contributed by atoms with E-state index in [1.165, 1.54) is 7.11 Å². The number of hydrogen-bond donors (Lipinski definition) is 1. The van der Waals surface area contributed by atoms with Crippen molar-refractivity contribution in [2.75, 3.05) is 20.8 Å². The summed E-state index contributed by atoms with van der Waals surface area (Å²) in [6, 6.07) is 5.45. The molecule has 0 saturated heterocycles. The molecule has 1 rings (SSSR count). The van der Waals surface area contributed by atoms with Gasteiger partial charge in [-0.2, -0.15) is 0 Å². The molecule has 0 spiro atoms. The molecule has 0 amide bonds. The lowest BCUT2D eigenvalue weighted by Crippen LogP contribution is -2.25. The number of benzene rings is 1. The van der Waals surface area contributed by atoms with Gasteiger partial charge in [0.1, 0.15) is 11.5 Å². The van der Waals surface area contributed by atoms with E-state index < -0.39 is 12.1 Å². The zero-order valence-corrected chi connectivity index (χ0v) is 10.9. The normalized spacial score (nSPS) is 11.8. The van der Waals surface area contributed by atoms with E-state index in [0.29, 0.717) is 24.5 Å². The Kier molecular flexibility index (Phi) is 5.45. The zero-order valence-electron chi connectivity index (χ0n) is 10.9. The monoisotopic (exact) mass is 253 g/mol. The molecule has 0 fully saturated rings. The van der Waals surface area contributed by atoms with Gasteiger partial charge in [-0.25, -0.2) is 4.79 Å². The van der Waals surface area contributed by atoms with Crippen molar-refractivity contribution in [1.29, 1.82) is 0 Å². The number of nitrogens with two attached hydrogens (primary N) is 1. The van der Waals surface area contributed by atoms with Gasteiger partial charge in [-0.05, 0) is 31.5 Å². The minimum Gasteiger partial charge on any atom is -0.497 e. The molecule has 0 bridgehead atoms. The van der Waals surface area contributed by atoms with Crippen molar-refractivity contribution in [2.24, 2.45) is 5.73 Å². The number of carbonyl (C=O) groups is 1. The Balaban J connectivity index is 2.92. The minimum absolute atomic E-state index is 0.420. The summed E-state index contributed by atoms with van der Waals surface area (Å²) in [5.74, 6) is 0.844. The molecule has 1 aromatic rings.